The van der Waals surface area contributed by atoms with Crippen molar-refractivity contribution in [2.45, 2.75) is 13.8 Å². The monoisotopic (exact) mass is 400 g/mol. The Kier molecular flexibility index (Phi) is 5.45. The molecular formula is C17H16N6O4S. The first-order chi connectivity index (χ1) is 13.4. The number of nitro groups is 1. The summed E-state index contributed by atoms with van der Waals surface area (Å²) in [5.74, 6) is -0.430. The van der Waals surface area contributed by atoms with Gasteiger partial charge in [0.15, 0.2) is 5.13 Å². The Morgan fingerprint density at radius 3 is 2.32 bits per heavy atom. The molecule has 2 heterocycles. The van der Waals surface area contributed by atoms with Crippen LogP contribution in [0.4, 0.5) is 28.1 Å². The molecule has 0 spiro atoms. The summed E-state index contributed by atoms with van der Waals surface area (Å²) in [6.45, 7) is 3.77. The molecule has 0 aliphatic heterocycles. The smallest absolute Gasteiger partial charge is 0.353 e. The summed E-state index contributed by atoms with van der Waals surface area (Å²) in [4.78, 5) is 35.9. The first kappa shape index (κ1) is 19.2. The number of nitrogens with zero attached hydrogens (tertiary/aromatic N) is 4. The van der Waals surface area contributed by atoms with Crippen LogP contribution in [0.15, 0.2) is 30.6 Å². The second-order valence-corrected chi connectivity index (χ2v) is 6.86. The van der Waals surface area contributed by atoms with Gasteiger partial charge in [0.2, 0.25) is 11.6 Å². The summed E-state index contributed by atoms with van der Waals surface area (Å²) in [5.41, 5.74) is 1.40. The van der Waals surface area contributed by atoms with Gasteiger partial charge in [-0.05, 0) is 38.1 Å². The van der Waals surface area contributed by atoms with Gasteiger partial charge in [0.05, 0.1) is 23.3 Å². The molecule has 3 aromatic rings. The van der Waals surface area contributed by atoms with E-state index in [1.807, 2.05) is 13.8 Å². The van der Waals surface area contributed by atoms with Crippen LogP contribution >= 0.6 is 11.3 Å². The number of benzene rings is 1. The normalized spacial score (nSPS) is 10.4. The Morgan fingerprint density at radius 1 is 1.14 bits per heavy atom. The van der Waals surface area contributed by atoms with E-state index < -0.39 is 10.9 Å². The van der Waals surface area contributed by atoms with Crippen molar-refractivity contribution in [2.24, 2.45) is 0 Å². The molecule has 10 nitrogen and oxygen atoms in total. The van der Waals surface area contributed by atoms with E-state index in [2.05, 4.69) is 30.3 Å². The molecule has 2 aromatic heterocycles. The Labute approximate surface area is 163 Å². The van der Waals surface area contributed by atoms with Crippen molar-refractivity contribution in [1.29, 1.82) is 0 Å². The number of esters is 1. The van der Waals surface area contributed by atoms with Gasteiger partial charge in [0.25, 0.3) is 0 Å². The number of rotatable bonds is 6. The van der Waals surface area contributed by atoms with Gasteiger partial charge in [-0.15, -0.1) is 11.3 Å². The fraction of sp³-hybridized carbons (Fsp3) is 0.176. The highest BCUT2D eigenvalue weighted by Crippen LogP contribution is 2.34. The third-order valence-electron chi connectivity index (χ3n) is 3.83. The van der Waals surface area contributed by atoms with Gasteiger partial charge in [0, 0.05) is 10.6 Å². The van der Waals surface area contributed by atoms with Crippen LogP contribution in [-0.2, 0) is 4.74 Å². The molecule has 0 aliphatic rings. The molecule has 0 saturated heterocycles. The minimum atomic E-state index is -0.569. The van der Waals surface area contributed by atoms with Crippen LogP contribution in [0.2, 0.25) is 0 Å². The van der Waals surface area contributed by atoms with Crippen LogP contribution in [-0.4, -0.2) is 33.0 Å². The molecule has 2 N–H and O–H groups in total. The van der Waals surface area contributed by atoms with Crippen LogP contribution in [0.1, 0.15) is 20.9 Å². The summed E-state index contributed by atoms with van der Waals surface area (Å²) in [6.07, 6.45) is 1.22. The standard InChI is InChI=1S/C17H16N6O4S/c1-9-10(2)28-17(20-9)22-15-13(23(25)26)14(18-8-19-15)21-12-6-4-11(5-7-12)16(24)27-3/h4-8H,1-3H3,(H2,18,19,20,21,22). The molecule has 0 radical (unpaired) electrons. The van der Waals surface area contributed by atoms with E-state index in [-0.39, 0.29) is 17.3 Å². The highest BCUT2D eigenvalue weighted by molar-refractivity contribution is 7.15. The molecule has 0 aliphatic carbocycles. The van der Waals surface area contributed by atoms with Crippen molar-refractivity contribution >= 4 is 45.4 Å². The highest BCUT2D eigenvalue weighted by atomic mass is 32.1. The lowest BCUT2D eigenvalue weighted by atomic mass is 10.2. The third kappa shape index (κ3) is 4.04. The van der Waals surface area contributed by atoms with E-state index >= 15 is 0 Å². The summed E-state index contributed by atoms with van der Waals surface area (Å²) >= 11 is 1.38. The predicted molar refractivity (Wildman–Crippen MR) is 105 cm³/mol. The quantitative estimate of drug-likeness (QED) is 0.361. The average molecular weight is 400 g/mol. The Hall–Kier alpha value is -3.60. The van der Waals surface area contributed by atoms with Crippen LogP contribution in [0.5, 0.6) is 0 Å². The lowest BCUT2D eigenvalue weighted by Gasteiger charge is -2.09. The molecular weight excluding hydrogens is 384 g/mol. The number of thiazole rings is 1. The van der Waals surface area contributed by atoms with Crippen LogP contribution in [0.25, 0.3) is 0 Å². The van der Waals surface area contributed by atoms with Crippen molar-refractivity contribution in [3.8, 4) is 0 Å². The van der Waals surface area contributed by atoms with Gasteiger partial charge < -0.3 is 15.4 Å². The van der Waals surface area contributed by atoms with Crippen molar-refractivity contribution < 1.29 is 14.5 Å². The Morgan fingerprint density at radius 2 is 1.79 bits per heavy atom. The molecule has 28 heavy (non-hydrogen) atoms. The summed E-state index contributed by atoms with van der Waals surface area (Å²) < 4.78 is 4.64. The van der Waals surface area contributed by atoms with Crippen molar-refractivity contribution in [3.05, 3.63) is 56.8 Å². The maximum absolute atomic E-state index is 11.6. The summed E-state index contributed by atoms with van der Waals surface area (Å²) in [5, 5.41) is 17.9. The van der Waals surface area contributed by atoms with Gasteiger partial charge in [0.1, 0.15) is 6.33 Å². The average Bonchev–Trinajstić information content (AvgIpc) is 2.98. The van der Waals surface area contributed by atoms with Crippen LogP contribution in [0, 0.1) is 24.0 Å². The zero-order valence-corrected chi connectivity index (χ0v) is 16.0. The number of methoxy groups -OCH3 is 1. The summed E-state index contributed by atoms with van der Waals surface area (Å²) in [7, 11) is 1.29. The molecule has 1 aromatic carbocycles. The fourth-order valence-electron chi connectivity index (χ4n) is 2.31. The molecule has 144 valence electrons. The Bertz CT molecular complexity index is 1020. The predicted octanol–water partition coefficient (Wildman–Crippen LogP) is 3.73. The van der Waals surface area contributed by atoms with E-state index in [1.54, 1.807) is 24.3 Å². The molecule has 0 bridgehead atoms. The van der Waals surface area contributed by atoms with Crippen molar-refractivity contribution in [1.82, 2.24) is 15.0 Å². The molecule has 3 rings (SSSR count). The van der Waals surface area contributed by atoms with E-state index in [4.69, 9.17) is 0 Å². The number of aromatic nitrogens is 3. The maximum Gasteiger partial charge on any atom is 0.353 e. The molecule has 0 atom stereocenters. The Balaban J connectivity index is 1.90. The number of anilines is 4. The number of carbonyl (C=O) groups is 1. The zero-order valence-electron chi connectivity index (χ0n) is 15.2. The lowest BCUT2D eigenvalue weighted by molar-refractivity contribution is -0.383. The number of carbonyl (C=O) groups excluding carboxylic acids is 1. The van der Waals surface area contributed by atoms with E-state index in [9.17, 15) is 14.9 Å². The van der Waals surface area contributed by atoms with E-state index in [0.29, 0.717) is 16.4 Å². The molecule has 0 saturated carbocycles. The minimum absolute atomic E-state index is 0.0123. The first-order valence-electron chi connectivity index (χ1n) is 8.05. The third-order valence-corrected chi connectivity index (χ3v) is 4.82. The van der Waals surface area contributed by atoms with Crippen molar-refractivity contribution in [2.75, 3.05) is 17.7 Å². The second kappa shape index (κ2) is 7.96. The maximum atomic E-state index is 11.6. The second-order valence-electron chi connectivity index (χ2n) is 5.66. The number of hydrogen-bond donors (Lipinski definition) is 2. The highest BCUT2D eigenvalue weighted by Gasteiger charge is 2.24. The van der Waals surface area contributed by atoms with Crippen molar-refractivity contribution in [3.63, 3.8) is 0 Å². The zero-order chi connectivity index (χ0) is 20.3. The number of ether oxygens (including phenoxy) is 1. The topological polar surface area (TPSA) is 132 Å². The van der Waals surface area contributed by atoms with E-state index in [0.717, 1.165) is 10.6 Å². The fourth-order valence-corrected chi connectivity index (χ4v) is 3.12. The first-order valence-corrected chi connectivity index (χ1v) is 8.86. The number of nitrogens with one attached hydrogen (secondary N) is 2. The van der Waals surface area contributed by atoms with Gasteiger partial charge in [-0.2, -0.15) is 0 Å². The van der Waals surface area contributed by atoms with Gasteiger partial charge in [-0.1, -0.05) is 0 Å². The lowest BCUT2D eigenvalue weighted by Crippen LogP contribution is -2.06. The van der Waals surface area contributed by atoms with Crippen LogP contribution in [0.3, 0.4) is 0 Å². The number of aryl methyl sites for hydroxylation is 2. The molecule has 0 amide bonds. The van der Waals surface area contributed by atoms with E-state index in [1.165, 1.54) is 24.8 Å². The minimum Gasteiger partial charge on any atom is -0.465 e. The van der Waals surface area contributed by atoms with Gasteiger partial charge in [-0.25, -0.2) is 19.7 Å². The largest absolute Gasteiger partial charge is 0.465 e. The van der Waals surface area contributed by atoms with Crippen LogP contribution < -0.4 is 10.6 Å². The molecule has 11 heteroatoms. The summed E-state index contributed by atoms with van der Waals surface area (Å²) in [6, 6.07) is 6.28. The number of hydrogen-bond acceptors (Lipinski definition) is 10. The van der Waals surface area contributed by atoms with Gasteiger partial charge in [-0.3, -0.25) is 10.1 Å². The molecule has 0 unspecified atom stereocenters. The SMILES string of the molecule is COC(=O)c1ccc(Nc2ncnc(Nc3nc(C)c(C)s3)c2[N+](=O)[O-])cc1. The molecule has 0 fully saturated rings. The van der Waals surface area contributed by atoms with Gasteiger partial charge >= 0.3 is 11.7 Å².